The zero-order valence-electron chi connectivity index (χ0n) is 17.4. The topological polar surface area (TPSA) is 123 Å². The van der Waals surface area contributed by atoms with E-state index in [0.717, 1.165) is 5.56 Å². The molecule has 0 heterocycles. The Hall–Kier alpha value is -2.98. The molecule has 7 nitrogen and oxygen atoms in total. The van der Waals surface area contributed by atoms with E-state index in [1.54, 1.807) is 24.3 Å². The van der Waals surface area contributed by atoms with Crippen molar-refractivity contribution < 1.29 is 21.6 Å². The fourth-order valence-electron chi connectivity index (χ4n) is 3.37. The second-order valence-corrected chi connectivity index (χ2v) is 11.0. The van der Waals surface area contributed by atoms with Gasteiger partial charge in [-0.15, -0.1) is 6.58 Å². The predicted molar refractivity (Wildman–Crippen MR) is 129 cm³/mol. The van der Waals surface area contributed by atoms with Crippen molar-refractivity contribution in [1.82, 2.24) is 0 Å². The number of sulfone groups is 1. The minimum absolute atomic E-state index is 0.0238. The number of halogens is 1. The molecule has 0 saturated carbocycles. The Morgan fingerprint density at radius 2 is 1.61 bits per heavy atom. The highest BCUT2D eigenvalue weighted by Gasteiger charge is 2.27. The number of benzene rings is 3. The summed E-state index contributed by atoms with van der Waals surface area (Å²) < 4.78 is 49.8. The van der Waals surface area contributed by atoms with E-state index in [1.165, 1.54) is 42.5 Å². The lowest BCUT2D eigenvalue weighted by atomic mass is 9.99. The number of carbonyl (C=O) groups excluding carboxylic acids is 1. The highest BCUT2D eigenvalue weighted by Crippen LogP contribution is 2.32. The maximum absolute atomic E-state index is 13.2. The Balaban J connectivity index is 2.18. The molecule has 3 aromatic carbocycles. The van der Waals surface area contributed by atoms with Crippen LogP contribution in [0.4, 0.5) is 5.69 Å². The van der Waals surface area contributed by atoms with Crippen LogP contribution >= 0.6 is 11.6 Å². The maximum atomic E-state index is 13.2. The monoisotopic (exact) mass is 504 g/mol. The molecule has 0 aliphatic rings. The molecule has 0 aliphatic heterocycles. The minimum atomic E-state index is -4.11. The van der Waals surface area contributed by atoms with Gasteiger partial charge in [-0.2, -0.15) is 0 Å². The lowest BCUT2D eigenvalue weighted by Crippen LogP contribution is -2.21. The summed E-state index contributed by atoms with van der Waals surface area (Å²) in [5.41, 5.74) is 0.964. The molecule has 3 rings (SSSR count). The van der Waals surface area contributed by atoms with E-state index in [2.05, 4.69) is 11.9 Å². The van der Waals surface area contributed by atoms with E-state index >= 15 is 0 Å². The van der Waals surface area contributed by atoms with Gasteiger partial charge in [0.15, 0.2) is 9.84 Å². The molecule has 1 amide bonds. The molecule has 0 fully saturated rings. The first kappa shape index (κ1) is 24.7. The van der Waals surface area contributed by atoms with Crippen molar-refractivity contribution in [3.8, 4) is 0 Å². The Morgan fingerprint density at radius 3 is 2.24 bits per heavy atom. The van der Waals surface area contributed by atoms with Crippen molar-refractivity contribution in [3.05, 3.63) is 101 Å². The first-order valence-corrected chi connectivity index (χ1v) is 13.2. The van der Waals surface area contributed by atoms with Gasteiger partial charge < -0.3 is 5.32 Å². The van der Waals surface area contributed by atoms with Crippen molar-refractivity contribution in [2.75, 3.05) is 11.1 Å². The molecule has 0 bridgehead atoms. The molecule has 10 heteroatoms. The number of sulfonamides is 1. The Morgan fingerprint density at radius 1 is 0.970 bits per heavy atom. The summed E-state index contributed by atoms with van der Waals surface area (Å²) in [5, 5.41) is 7.76. The zero-order chi connectivity index (χ0) is 24.2. The maximum Gasteiger partial charge on any atom is 0.256 e. The highest BCUT2D eigenvalue weighted by atomic mass is 35.5. The number of hydrogen-bond acceptors (Lipinski definition) is 5. The smallest absolute Gasteiger partial charge is 0.256 e. The summed E-state index contributed by atoms with van der Waals surface area (Å²) in [7, 11) is -8.01. The number of amides is 1. The van der Waals surface area contributed by atoms with Crippen molar-refractivity contribution in [2.24, 2.45) is 5.14 Å². The summed E-state index contributed by atoms with van der Waals surface area (Å²) in [6, 6.07) is 17.4. The summed E-state index contributed by atoms with van der Waals surface area (Å²) in [5.74, 6) is -1.07. The van der Waals surface area contributed by atoms with Gasteiger partial charge >= 0.3 is 0 Å². The molecule has 3 N–H and O–H groups in total. The second kappa shape index (κ2) is 9.88. The zero-order valence-corrected chi connectivity index (χ0v) is 19.8. The normalized spacial score (nSPS) is 11.7. The quantitative estimate of drug-likeness (QED) is 0.452. The summed E-state index contributed by atoms with van der Waals surface area (Å²) >= 11 is 6.30. The molecule has 0 atom stereocenters. The van der Waals surface area contributed by atoms with Crippen molar-refractivity contribution in [3.63, 3.8) is 0 Å². The SMILES string of the molecule is C=CCS(=O)(=O)c1c(Cl)ccc(C(=O)Nc2ccccc2S(N)(=O)=O)c1Cc1ccccc1. The molecular weight excluding hydrogens is 484 g/mol. The predicted octanol–water partition coefficient (Wildman–Crippen LogP) is 3.79. The number of nitrogens with one attached hydrogen (secondary N) is 1. The van der Waals surface area contributed by atoms with Crippen LogP contribution in [0.25, 0.3) is 0 Å². The average molecular weight is 505 g/mol. The molecule has 0 aromatic heterocycles. The van der Waals surface area contributed by atoms with Crippen LogP contribution in [0.5, 0.6) is 0 Å². The fourth-order valence-corrected chi connectivity index (χ4v) is 5.99. The van der Waals surface area contributed by atoms with Crippen LogP contribution in [0.1, 0.15) is 21.5 Å². The number of primary sulfonamides is 1. The summed E-state index contributed by atoms with van der Waals surface area (Å²) in [4.78, 5) is 12.8. The molecule has 0 spiro atoms. The van der Waals surface area contributed by atoms with Gasteiger partial charge in [-0.05, 0) is 41.8 Å². The number of anilines is 1. The Labute approximate surface area is 197 Å². The van der Waals surface area contributed by atoms with E-state index < -0.39 is 25.8 Å². The lowest BCUT2D eigenvalue weighted by molar-refractivity contribution is 0.102. The van der Waals surface area contributed by atoms with Crippen LogP contribution in [-0.4, -0.2) is 28.5 Å². The Kier molecular flexibility index (Phi) is 7.38. The average Bonchev–Trinajstić information content (AvgIpc) is 2.74. The molecule has 3 aromatic rings. The standard InChI is InChI=1S/C23H21ClN2O5S2/c1-2-14-32(28,29)22-18(15-16-8-4-3-5-9-16)17(12-13-19(22)24)23(27)26-20-10-6-7-11-21(20)33(25,30)31/h2-13H,1,14-15H2,(H,26,27)(H2,25,30,31). The van der Waals surface area contributed by atoms with Gasteiger partial charge in [-0.3, -0.25) is 4.79 Å². The molecular formula is C23H21ClN2O5S2. The van der Waals surface area contributed by atoms with Crippen molar-refractivity contribution >= 4 is 43.1 Å². The molecule has 0 saturated heterocycles. The largest absolute Gasteiger partial charge is 0.321 e. The number of rotatable bonds is 8. The highest BCUT2D eigenvalue weighted by molar-refractivity contribution is 7.91. The van der Waals surface area contributed by atoms with Crippen molar-refractivity contribution in [2.45, 2.75) is 16.2 Å². The molecule has 0 aliphatic carbocycles. The van der Waals surface area contributed by atoms with Gasteiger partial charge in [0.05, 0.1) is 21.4 Å². The van der Waals surface area contributed by atoms with Crippen molar-refractivity contribution in [1.29, 1.82) is 0 Å². The summed E-state index contributed by atoms with van der Waals surface area (Å²) in [6.45, 7) is 3.49. The van der Waals surface area contributed by atoms with Crippen LogP contribution in [0, 0.1) is 0 Å². The van der Waals surface area contributed by atoms with Crippen LogP contribution in [0.3, 0.4) is 0 Å². The number of hydrogen-bond donors (Lipinski definition) is 2. The first-order valence-electron chi connectivity index (χ1n) is 9.66. The third kappa shape index (κ3) is 5.69. The van der Waals surface area contributed by atoms with E-state index in [9.17, 15) is 21.6 Å². The molecule has 0 unspecified atom stereocenters. The van der Waals surface area contributed by atoms with Gasteiger partial charge in [0.1, 0.15) is 4.90 Å². The van der Waals surface area contributed by atoms with Gasteiger partial charge in [-0.25, -0.2) is 22.0 Å². The third-order valence-electron chi connectivity index (χ3n) is 4.77. The van der Waals surface area contributed by atoms with Gasteiger partial charge in [-0.1, -0.05) is 60.1 Å². The van der Waals surface area contributed by atoms with E-state index in [-0.39, 0.29) is 43.8 Å². The van der Waals surface area contributed by atoms with Crippen LogP contribution in [0.2, 0.25) is 5.02 Å². The van der Waals surface area contributed by atoms with Crippen LogP contribution < -0.4 is 10.5 Å². The second-order valence-electron chi connectivity index (χ2n) is 7.13. The summed E-state index contributed by atoms with van der Waals surface area (Å²) in [6.07, 6.45) is 1.35. The molecule has 33 heavy (non-hydrogen) atoms. The Bertz CT molecular complexity index is 1420. The first-order chi connectivity index (χ1) is 15.5. The number of para-hydroxylation sites is 1. The minimum Gasteiger partial charge on any atom is -0.321 e. The molecule has 0 radical (unpaired) electrons. The number of nitrogens with two attached hydrogens (primary N) is 1. The van der Waals surface area contributed by atoms with Crippen LogP contribution in [0.15, 0.2) is 89.2 Å². The van der Waals surface area contributed by atoms with Crippen LogP contribution in [-0.2, 0) is 26.3 Å². The third-order valence-corrected chi connectivity index (χ3v) is 7.93. The van der Waals surface area contributed by atoms with Gasteiger partial charge in [0, 0.05) is 5.56 Å². The number of carbonyl (C=O) groups is 1. The van der Waals surface area contributed by atoms with E-state index in [0.29, 0.717) is 0 Å². The lowest BCUT2D eigenvalue weighted by Gasteiger charge is -2.17. The van der Waals surface area contributed by atoms with E-state index in [4.69, 9.17) is 16.7 Å². The van der Waals surface area contributed by atoms with E-state index in [1.807, 2.05) is 6.07 Å². The van der Waals surface area contributed by atoms with Gasteiger partial charge in [0.2, 0.25) is 10.0 Å². The molecule has 172 valence electrons. The fraction of sp³-hybridized carbons (Fsp3) is 0.0870. The van der Waals surface area contributed by atoms with Gasteiger partial charge in [0.25, 0.3) is 5.91 Å².